The lowest BCUT2D eigenvalue weighted by atomic mass is 9.99. The summed E-state index contributed by atoms with van der Waals surface area (Å²) in [5, 5.41) is 54.4. The van der Waals surface area contributed by atoms with Gasteiger partial charge in [-0.15, -0.1) is 0 Å². The first-order valence-corrected chi connectivity index (χ1v) is 26.6. The molecule has 1 fully saturated rings. The lowest BCUT2D eigenvalue weighted by Gasteiger charge is -2.40. The Kier molecular flexibility index (Phi) is 41.2. The molecular formula is C53H101NO8. The number of ether oxygens (including phenoxy) is 2. The number of aliphatic hydroxyl groups is 5. The van der Waals surface area contributed by atoms with Gasteiger partial charge in [0.2, 0.25) is 5.91 Å². The van der Waals surface area contributed by atoms with Crippen LogP contribution in [0, 0.1) is 0 Å². The zero-order valence-electron chi connectivity index (χ0n) is 40.4. The van der Waals surface area contributed by atoms with E-state index in [1.165, 1.54) is 186 Å². The van der Waals surface area contributed by atoms with Crippen LogP contribution in [-0.2, 0) is 14.3 Å². The molecule has 0 aliphatic carbocycles. The Morgan fingerprint density at radius 2 is 0.903 bits per heavy atom. The summed E-state index contributed by atoms with van der Waals surface area (Å²) in [6.45, 7) is 3.79. The van der Waals surface area contributed by atoms with Gasteiger partial charge in [0.25, 0.3) is 0 Å². The van der Waals surface area contributed by atoms with Crippen LogP contribution < -0.4 is 5.32 Å². The fourth-order valence-electron chi connectivity index (χ4n) is 8.51. The second kappa shape index (κ2) is 43.6. The number of aliphatic hydroxyl groups excluding tert-OH is 5. The van der Waals surface area contributed by atoms with E-state index in [9.17, 15) is 30.3 Å². The van der Waals surface area contributed by atoms with Gasteiger partial charge in [0.05, 0.1) is 25.4 Å². The quantitative estimate of drug-likeness (QED) is 0.0262. The van der Waals surface area contributed by atoms with Gasteiger partial charge >= 0.3 is 0 Å². The molecule has 0 spiro atoms. The van der Waals surface area contributed by atoms with Crippen LogP contribution in [0.4, 0.5) is 0 Å². The summed E-state index contributed by atoms with van der Waals surface area (Å²) in [5.74, 6) is -0.179. The van der Waals surface area contributed by atoms with Crippen molar-refractivity contribution in [2.24, 2.45) is 0 Å². The first-order valence-electron chi connectivity index (χ1n) is 26.6. The van der Waals surface area contributed by atoms with Crippen molar-refractivity contribution in [3.63, 3.8) is 0 Å². The van der Waals surface area contributed by atoms with E-state index in [2.05, 4.69) is 31.3 Å². The molecule has 0 aromatic heterocycles. The molecule has 1 aliphatic heterocycles. The van der Waals surface area contributed by atoms with Gasteiger partial charge in [-0.1, -0.05) is 224 Å². The molecule has 62 heavy (non-hydrogen) atoms. The molecule has 0 saturated carbocycles. The standard InChI is InChI=1S/C53H101NO8/c1-3-5-7-9-11-13-15-17-19-21-22-23-24-25-27-28-30-32-34-36-38-40-42-47(56)46(45-61-53-52(60)51(59)50(58)48(44-55)62-53)54-49(57)43-41-39-37-35-33-31-29-26-20-18-16-14-12-10-8-6-4-2/h18,20,40,42,46-48,50-53,55-56,58-60H,3-17,19,21-39,41,43-45H2,1-2H3,(H,54,57)/b20-18-,42-40+. The van der Waals surface area contributed by atoms with Crippen LogP contribution in [0.15, 0.2) is 24.3 Å². The largest absolute Gasteiger partial charge is 0.394 e. The van der Waals surface area contributed by atoms with Crippen molar-refractivity contribution in [2.45, 2.75) is 294 Å². The van der Waals surface area contributed by atoms with Crippen molar-refractivity contribution in [1.29, 1.82) is 0 Å². The molecule has 9 nitrogen and oxygen atoms in total. The van der Waals surface area contributed by atoms with E-state index in [0.29, 0.717) is 6.42 Å². The zero-order chi connectivity index (χ0) is 45.1. The molecular weight excluding hydrogens is 779 g/mol. The number of hydrogen-bond acceptors (Lipinski definition) is 8. The fourth-order valence-corrected chi connectivity index (χ4v) is 8.51. The number of carbonyl (C=O) groups is 1. The van der Waals surface area contributed by atoms with E-state index in [1.54, 1.807) is 6.08 Å². The summed E-state index contributed by atoms with van der Waals surface area (Å²) in [6, 6.07) is -0.805. The van der Waals surface area contributed by atoms with Gasteiger partial charge in [-0.2, -0.15) is 0 Å². The summed E-state index contributed by atoms with van der Waals surface area (Å²) in [7, 11) is 0. The Bertz CT molecular complexity index is 1020. The van der Waals surface area contributed by atoms with Crippen molar-refractivity contribution in [2.75, 3.05) is 13.2 Å². The topological polar surface area (TPSA) is 149 Å². The van der Waals surface area contributed by atoms with Gasteiger partial charge in [-0.25, -0.2) is 0 Å². The maximum atomic E-state index is 13.0. The van der Waals surface area contributed by atoms with Crippen LogP contribution in [0.5, 0.6) is 0 Å². The zero-order valence-corrected chi connectivity index (χ0v) is 40.4. The van der Waals surface area contributed by atoms with Crippen molar-refractivity contribution < 1.29 is 39.8 Å². The smallest absolute Gasteiger partial charge is 0.220 e. The van der Waals surface area contributed by atoms with Crippen molar-refractivity contribution in [3.8, 4) is 0 Å². The first kappa shape index (κ1) is 58.7. The Balaban J connectivity index is 2.28. The van der Waals surface area contributed by atoms with E-state index in [1.807, 2.05) is 6.08 Å². The number of carbonyl (C=O) groups excluding carboxylic acids is 1. The van der Waals surface area contributed by atoms with Crippen LogP contribution >= 0.6 is 0 Å². The maximum Gasteiger partial charge on any atom is 0.220 e. The van der Waals surface area contributed by atoms with Gasteiger partial charge in [0.15, 0.2) is 6.29 Å². The monoisotopic (exact) mass is 880 g/mol. The minimum atomic E-state index is -1.57. The summed E-state index contributed by atoms with van der Waals surface area (Å²) in [5.41, 5.74) is 0. The molecule has 9 heteroatoms. The highest BCUT2D eigenvalue weighted by atomic mass is 16.7. The normalized spacial score (nSPS) is 20.4. The van der Waals surface area contributed by atoms with Crippen molar-refractivity contribution in [1.82, 2.24) is 5.32 Å². The van der Waals surface area contributed by atoms with Crippen LogP contribution in [0.3, 0.4) is 0 Å². The highest BCUT2D eigenvalue weighted by Crippen LogP contribution is 2.23. The molecule has 0 bridgehead atoms. The molecule has 7 unspecified atom stereocenters. The number of hydrogen-bond donors (Lipinski definition) is 6. The minimum Gasteiger partial charge on any atom is -0.394 e. The lowest BCUT2D eigenvalue weighted by Crippen LogP contribution is -2.60. The van der Waals surface area contributed by atoms with Crippen LogP contribution in [0.1, 0.15) is 251 Å². The number of rotatable bonds is 45. The first-order chi connectivity index (χ1) is 30.3. The molecule has 6 N–H and O–H groups in total. The summed E-state index contributed by atoms with van der Waals surface area (Å²) in [6.07, 6.45) is 46.5. The average Bonchev–Trinajstić information content (AvgIpc) is 3.27. The van der Waals surface area contributed by atoms with Gasteiger partial charge in [0, 0.05) is 6.42 Å². The third kappa shape index (κ3) is 33.2. The van der Waals surface area contributed by atoms with E-state index in [4.69, 9.17) is 9.47 Å². The predicted molar refractivity (Wildman–Crippen MR) is 258 cm³/mol. The molecule has 1 saturated heterocycles. The Morgan fingerprint density at radius 1 is 0.532 bits per heavy atom. The van der Waals surface area contributed by atoms with E-state index in [-0.39, 0.29) is 12.5 Å². The second-order valence-corrected chi connectivity index (χ2v) is 18.7. The number of nitrogens with one attached hydrogen (secondary N) is 1. The number of unbranched alkanes of at least 4 members (excludes halogenated alkanes) is 33. The molecule has 1 heterocycles. The maximum absolute atomic E-state index is 13.0. The van der Waals surface area contributed by atoms with Crippen LogP contribution in [-0.4, -0.2) is 87.5 Å². The molecule has 1 rings (SSSR count). The predicted octanol–water partition coefficient (Wildman–Crippen LogP) is 12.2. The Hall–Kier alpha value is -1.33. The minimum absolute atomic E-state index is 0.179. The highest BCUT2D eigenvalue weighted by Gasteiger charge is 2.44. The fraction of sp³-hybridized carbons (Fsp3) is 0.906. The second-order valence-electron chi connectivity index (χ2n) is 18.7. The van der Waals surface area contributed by atoms with Crippen LogP contribution in [0.25, 0.3) is 0 Å². The summed E-state index contributed by atoms with van der Waals surface area (Å²) in [4.78, 5) is 13.0. The third-order valence-corrected chi connectivity index (χ3v) is 12.8. The Labute approximate surface area is 381 Å². The molecule has 366 valence electrons. The molecule has 1 aliphatic rings. The Morgan fingerprint density at radius 3 is 1.31 bits per heavy atom. The average molecular weight is 880 g/mol. The van der Waals surface area contributed by atoms with Gasteiger partial charge in [0.1, 0.15) is 24.4 Å². The van der Waals surface area contributed by atoms with Crippen LogP contribution in [0.2, 0.25) is 0 Å². The lowest BCUT2D eigenvalue weighted by molar-refractivity contribution is -0.302. The van der Waals surface area contributed by atoms with E-state index in [0.717, 1.165) is 44.9 Å². The SMILES string of the molecule is CCCCCCCC/C=C\CCCCCCCCCC(=O)NC(COC1OC(CO)C(O)C(O)C1O)C(O)/C=C/CCCCCCCCCCCCCCCCCCCCCC. The molecule has 0 radical (unpaired) electrons. The molecule has 0 aromatic rings. The van der Waals surface area contributed by atoms with Gasteiger partial charge < -0.3 is 40.3 Å². The number of amides is 1. The number of allylic oxidation sites excluding steroid dienone is 3. The summed E-state index contributed by atoms with van der Waals surface area (Å²) < 4.78 is 11.2. The van der Waals surface area contributed by atoms with Gasteiger partial charge in [-0.3, -0.25) is 4.79 Å². The molecule has 1 amide bonds. The molecule has 0 aromatic carbocycles. The highest BCUT2D eigenvalue weighted by molar-refractivity contribution is 5.76. The van der Waals surface area contributed by atoms with E-state index >= 15 is 0 Å². The van der Waals surface area contributed by atoms with E-state index < -0.39 is 49.5 Å². The van der Waals surface area contributed by atoms with Crippen molar-refractivity contribution in [3.05, 3.63) is 24.3 Å². The van der Waals surface area contributed by atoms with Gasteiger partial charge in [-0.05, 0) is 44.9 Å². The van der Waals surface area contributed by atoms with Crippen molar-refractivity contribution >= 4 is 5.91 Å². The third-order valence-electron chi connectivity index (χ3n) is 12.8. The molecule has 7 atom stereocenters. The summed E-state index contributed by atoms with van der Waals surface area (Å²) >= 11 is 0.